The number of piperidine rings is 1. The fourth-order valence-corrected chi connectivity index (χ4v) is 3.55. The van der Waals surface area contributed by atoms with Gasteiger partial charge in [-0.15, -0.1) is 5.10 Å². The molecule has 2 aromatic carbocycles. The second-order valence-corrected chi connectivity index (χ2v) is 7.04. The van der Waals surface area contributed by atoms with Crippen LogP contribution in [-0.4, -0.2) is 41.0 Å². The van der Waals surface area contributed by atoms with Gasteiger partial charge in [-0.1, -0.05) is 11.3 Å². The monoisotopic (exact) mass is 423 g/mol. The molecule has 1 aromatic heterocycles. The van der Waals surface area contributed by atoms with Gasteiger partial charge in [0.15, 0.2) is 0 Å². The first-order valence-corrected chi connectivity index (χ1v) is 9.68. The number of nitrogens with zero attached hydrogens (tertiary/aromatic N) is 3. The molecule has 1 aliphatic rings. The summed E-state index contributed by atoms with van der Waals surface area (Å²) < 4.78 is 11.7. The Labute approximate surface area is 177 Å². The van der Waals surface area contributed by atoms with Gasteiger partial charge in [0.1, 0.15) is 23.1 Å². The molecule has 0 radical (unpaired) electrons. The van der Waals surface area contributed by atoms with Crippen LogP contribution in [0.5, 0.6) is 11.5 Å². The maximum atomic E-state index is 13.2. The smallest absolute Gasteiger partial charge is 0.280 e. The normalized spacial score (nSPS) is 16.1. The van der Waals surface area contributed by atoms with E-state index in [4.69, 9.17) is 9.47 Å². The highest BCUT2D eigenvalue weighted by Gasteiger charge is 2.30. The second-order valence-electron chi connectivity index (χ2n) is 7.04. The fraction of sp³-hybridized carbons (Fsp3) is 0.286. The lowest BCUT2D eigenvalue weighted by molar-refractivity contribution is -0.136. The third-order valence-corrected chi connectivity index (χ3v) is 5.18. The van der Waals surface area contributed by atoms with Crippen molar-refractivity contribution >= 4 is 28.4 Å². The van der Waals surface area contributed by atoms with Gasteiger partial charge in [-0.3, -0.25) is 19.7 Å². The molecule has 4 rings (SSSR count). The van der Waals surface area contributed by atoms with Crippen molar-refractivity contribution in [1.29, 1.82) is 0 Å². The van der Waals surface area contributed by atoms with E-state index in [1.54, 1.807) is 38.5 Å². The number of hydrogen-bond acceptors (Lipinski definition) is 8. The molecule has 160 valence electrons. The highest BCUT2D eigenvalue weighted by atomic mass is 16.5. The summed E-state index contributed by atoms with van der Waals surface area (Å²) in [5.74, 6) is 0.403. The Morgan fingerprint density at radius 3 is 2.74 bits per heavy atom. The molecule has 10 heteroatoms. The summed E-state index contributed by atoms with van der Waals surface area (Å²) in [7, 11) is 3.15. The van der Waals surface area contributed by atoms with E-state index in [1.807, 2.05) is 12.1 Å². The van der Waals surface area contributed by atoms with Crippen LogP contribution < -0.4 is 25.7 Å². The van der Waals surface area contributed by atoms with E-state index in [0.717, 1.165) is 10.2 Å². The number of nitrogens with one attached hydrogen (secondary N) is 2. The van der Waals surface area contributed by atoms with E-state index in [9.17, 15) is 14.4 Å². The molecular formula is C21H21N5O5. The average molecular weight is 423 g/mol. The van der Waals surface area contributed by atoms with Crippen molar-refractivity contribution in [2.75, 3.05) is 19.5 Å². The predicted octanol–water partition coefficient (Wildman–Crippen LogP) is 1.40. The zero-order chi connectivity index (χ0) is 22.0. The molecule has 10 nitrogen and oxygen atoms in total. The SMILES string of the molecule is COc1ccc(CNc2cccc3nnn(C4CCC(=O)NC4=O)c(=O)c23)c(OC)c1. The number of carbonyl (C=O) groups excluding carboxylic acids is 2. The van der Waals surface area contributed by atoms with E-state index in [-0.39, 0.29) is 18.7 Å². The van der Waals surface area contributed by atoms with E-state index in [2.05, 4.69) is 20.9 Å². The number of imide groups is 1. The zero-order valence-corrected chi connectivity index (χ0v) is 17.0. The molecule has 0 spiro atoms. The lowest BCUT2D eigenvalue weighted by atomic mass is 10.1. The first-order valence-electron chi connectivity index (χ1n) is 9.68. The number of hydrogen-bond donors (Lipinski definition) is 2. The van der Waals surface area contributed by atoms with Crippen molar-refractivity contribution in [3.8, 4) is 11.5 Å². The standard InChI is InChI=1S/C21H21N5O5/c1-30-13-7-6-12(17(10-13)31-2)11-22-14-4-3-5-15-19(14)21(29)26(25-24-15)16-8-9-18(27)23-20(16)28/h3-7,10,16,22H,8-9,11H2,1-2H3,(H,23,27,28). The van der Waals surface area contributed by atoms with Gasteiger partial charge in [-0.25, -0.2) is 0 Å². The second kappa shape index (κ2) is 8.42. The number of ether oxygens (including phenoxy) is 2. The van der Waals surface area contributed by atoms with Crippen LogP contribution in [0.15, 0.2) is 41.2 Å². The molecule has 31 heavy (non-hydrogen) atoms. The van der Waals surface area contributed by atoms with E-state index >= 15 is 0 Å². The van der Waals surface area contributed by atoms with Gasteiger partial charge < -0.3 is 14.8 Å². The Hall–Kier alpha value is -3.95. The number of anilines is 1. The van der Waals surface area contributed by atoms with E-state index < -0.39 is 17.5 Å². The van der Waals surface area contributed by atoms with Crippen LogP contribution in [0.25, 0.3) is 10.9 Å². The van der Waals surface area contributed by atoms with Crippen LogP contribution in [0.2, 0.25) is 0 Å². The van der Waals surface area contributed by atoms with Gasteiger partial charge >= 0.3 is 0 Å². The van der Waals surface area contributed by atoms with Gasteiger partial charge in [0, 0.05) is 30.3 Å². The minimum Gasteiger partial charge on any atom is -0.497 e. The van der Waals surface area contributed by atoms with Gasteiger partial charge in [0.2, 0.25) is 5.91 Å². The largest absolute Gasteiger partial charge is 0.497 e. The molecule has 0 aliphatic carbocycles. The van der Waals surface area contributed by atoms with Crippen molar-refractivity contribution in [1.82, 2.24) is 20.3 Å². The summed E-state index contributed by atoms with van der Waals surface area (Å²) in [5.41, 5.74) is 1.37. The van der Waals surface area contributed by atoms with Gasteiger partial charge in [-0.05, 0) is 30.7 Å². The number of methoxy groups -OCH3 is 2. The first kappa shape index (κ1) is 20.3. The van der Waals surface area contributed by atoms with Gasteiger partial charge in [-0.2, -0.15) is 4.68 Å². The Kier molecular flexibility index (Phi) is 5.52. The van der Waals surface area contributed by atoms with Crippen molar-refractivity contribution in [2.24, 2.45) is 0 Å². The number of carbonyl (C=O) groups is 2. The van der Waals surface area contributed by atoms with Crippen molar-refractivity contribution in [2.45, 2.75) is 25.4 Å². The van der Waals surface area contributed by atoms with Crippen molar-refractivity contribution < 1.29 is 19.1 Å². The Morgan fingerprint density at radius 1 is 1.16 bits per heavy atom. The van der Waals surface area contributed by atoms with Gasteiger partial charge in [0.25, 0.3) is 11.5 Å². The molecule has 2 amide bonds. The van der Waals surface area contributed by atoms with Gasteiger partial charge in [0.05, 0.1) is 19.6 Å². The molecule has 3 aromatic rings. The first-order chi connectivity index (χ1) is 15.0. The molecule has 1 saturated heterocycles. The Balaban J connectivity index is 1.68. The molecule has 0 bridgehead atoms. The van der Waals surface area contributed by atoms with Crippen LogP contribution in [0.4, 0.5) is 5.69 Å². The lowest BCUT2D eigenvalue weighted by Gasteiger charge is -2.21. The molecule has 1 atom stereocenters. The molecule has 2 heterocycles. The third kappa shape index (κ3) is 3.91. The van der Waals surface area contributed by atoms with Crippen LogP contribution in [-0.2, 0) is 16.1 Å². The number of rotatable bonds is 6. The van der Waals surface area contributed by atoms with Crippen LogP contribution in [0, 0.1) is 0 Å². The van der Waals surface area contributed by atoms with Crippen LogP contribution >= 0.6 is 0 Å². The number of fused-ring (bicyclic) bond motifs is 1. The topological polar surface area (TPSA) is 124 Å². The molecule has 1 fully saturated rings. The summed E-state index contributed by atoms with van der Waals surface area (Å²) in [6.07, 6.45) is 0.336. The summed E-state index contributed by atoms with van der Waals surface area (Å²) in [6.45, 7) is 0.381. The average Bonchev–Trinajstić information content (AvgIpc) is 2.78. The minimum atomic E-state index is -0.878. The maximum absolute atomic E-state index is 13.2. The summed E-state index contributed by atoms with van der Waals surface area (Å²) in [6, 6.07) is 9.80. The molecule has 1 unspecified atom stereocenters. The molecular weight excluding hydrogens is 402 g/mol. The number of amides is 2. The quantitative estimate of drug-likeness (QED) is 0.570. The Morgan fingerprint density at radius 2 is 2.00 bits per heavy atom. The van der Waals surface area contributed by atoms with Crippen LogP contribution in [0.3, 0.4) is 0 Å². The van der Waals surface area contributed by atoms with E-state index in [0.29, 0.717) is 34.6 Å². The summed E-state index contributed by atoms with van der Waals surface area (Å²) in [5, 5.41) is 13.8. The van der Waals surface area contributed by atoms with Crippen LogP contribution in [0.1, 0.15) is 24.4 Å². The molecule has 1 aliphatic heterocycles. The maximum Gasteiger partial charge on any atom is 0.280 e. The number of aromatic nitrogens is 3. The lowest BCUT2D eigenvalue weighted by Crippen LogP contribution is -2.45. The highest BCUT2D eigenvalue weighted by molar-refractivity contribution is 5.99. The zero-order valence-electron chi connectivity index (χ0n) is 17.0. The Bertz CT molecular complexity index is 1220. The van der Waals surface area contributed by atoms with Crippen molar-refractivity contribution in [3.63, 3.8) is 0 Å². The third-order valence-electron chi connectivity index (χ3n) is 5.18. The fourth-order valence-electron chi connectivity index (χ4n) is 3.55. The summed E-state index contributed by atoms with van der Waals surface area (Å²) in [4.78, 5) is 36.9. The minimum absolute atomic E-state index is 0.139. The number of benzene rings is 2. The highest BCUT2D eigenvalue weighted by Crippen LogP contribution is 2.26. The van der Waals surface area contributed by atoms with E-state index in [1.165, 1.54) is 0 Å². The molecule has 0 saturated carbocycles. The predicted molar refractivity (Wildman–Crippen MR) is 112 cm³/mol. The van der Waals surface area contributed by atoms with Crippen molar-refractivity contribution in [3.05, 3.63) is 52.3 Å². The summed E-state index contributed by atoms with van der Waals surface area (Å²) >= 11 is 0. The molecule has 2 N–H and O–H groups in total.